The molecule has 19 heavy (non-hydrogen) atoms. The van der Waals surface area contributed by atoms with Gasteiger partial charge in [-0.1, -0.05) is 45.4 Å². The Bertz CT molecular complexity index is 362. The van der Waals surface area contributed by atoms with E-state index in [9.17, 15) is 0 Å². The molecule has 0 bridgehead atoms. The van der Waals surface area contributed by atoms with E-state index >= 15 is 0 Å². The number of rotatable bonds is 8. The van der Waals surface area contributed by atoms with E-state index in [2.05, 4.69) is 58.1 Å². The monoisotopic (exact) mass is 263 g/mol. The van der Waals surface area contributed by atoms with Gasteiger partial charge in [0.25, 0.3) is 0 Å². The van der Waals surface area contributed by atoms with Crippen LogP contribution in [-0.2, 0) is 0 Å². The molecule has 0 heterocycles. The van der Waals surface area contributed by atoms with Crippen LogP contribution in [0.2, 0.25) is 0 Å². The highest BCUT2D eigenvalue weighted by Gasteiger charge is 2.17. The molecule has 2 heteroatoms. The van der Waals surface area contributed by atoms with Crippen molar-refractivity contribution in [1.29, 1.82) is 0 Å². The van der Waals surface area contributed by atoms with Crippen molar-refractivity contribution in [3.05, 3.63) is 29.8 Å². The van der Waals surface area contributed by atoms with E-state index in [-0.39, 0.29) is 6.10 Å². The van der Waals surface area contributed by atoms with Gasteiger partial charge in [0.15, 0.2) is 0 Å². The van der Waals surface area contributed by atoms with E-state index < -0.39 is 0 Å². The average molecular weight is 263 g/mol. The van der Waals surface area contributed by atoms with E-state index in [1.54, 1.807) is 0 Å². The minimum Gasteiger partial charge on any atom is -0.491 e. The van der Waals surface area contributed by atoms with Gasteiger partial charge in [-0.15, -0.1) is 0 Å². The highest BCUT2D eigenvalue weighted by Crippen LogP contribution is 2.30. The van der Waals surface area contributed by atoms with Gasteiger partial charge in [-0.25, -0.2) is 0 Å². The summed E-state index contributed by atoms with van der Waals surface area (Å²) in [5.41, 5.74) is 1.29. The van der Waals surface area contributed by atoms with Gasteiger partial charge < -0.3 is 10.1 Å². The molecular weight excluding hydrogens is 234 g/mol. The van der Waals surface area contributed by atoms with Gasteiger partial charge in [0, 0.05) is 11.6 Å². The topological polar surface area (TPSA) is 21.3 Å². The summed E-state index contributed by atoms with van der Waals surface area (Å²) in [7, 11) is 0. The van der Waals surface area contributed by atoms with Crippen molar-refractivity contribution in [3.63, 3.8) is 0 Å². The molecule has 108 valence electrons. The van der Waals surface area contributed by atoms with Crippen molar-refractivity contribution >= 4 is 0 Å². The van der Waals surface area contributed by atoms with Gasteiger partial charge in [0.05, 0.1) is 6.10 Å². The molecule has 0 aromatic heterocycles. The highest BCUT2D eigenvalue weighted by molar-refractivity contribution is 5.36. The lowest BCUT2D eigenvalue weighted by atomic mass is 9.93. The third-order valence-electron chi connectivity index (χ3n) is 3.44. The summed E-state index contributed by atoms with van der Waals surface area (Å²) in [5, 5.41) is 3.60. The van der Waals surface area contributed by atoms with Crippen LogP contribution in [0.5, 0.6) is 5.75 Å². The molecule has 0 spiro atoms. The fourth-order valence-electron chi connectivity index (χ4n) is 2.27. The van der Waals surface area contributed by atoms with Crippen molar-refractivity contribution in [2.45, 2.75) is 59.6 Å². The maximum absolute atomic E-state index is 5.95. The van der Waals surface area contributed by atoms with Crippen molar-refractivity contribution in [1.82, 2.24) is 5.32 Å². The number of hydrogen-bond acceptors (Lipinski definition) is 2. The Morgan fingerprint density at radius 2 is 1.79 bits per heavy atom. The molecule has 0 saturated heterocycles. The van der Waals surface area contributed by atoms with Crippen LogP contribution in [0.3, 0.4) is 0 Å². The highest BCUT2D eigenvalue weighted by atomic mass is 16.5. The largest absolute Gasteiger partial charge is 0.491 e. The first kappa shape index (κ1) is 16.0. The molecule has 0 amide bonds. The summed E-state index contributed by atoms with van der Waals surface area (Å²) >= 11 is 0. The average Bonchev–Trinajstić information content (AvgIpc) is 2.38. The van der Waals surface area contributed by atoms with Crippen LogP contribution in [0.4, 0.5) is 0 Å². The molecule has 0 aliphatic rings. The molecule has 0 radical (unpaired) electrons. The maximum atomic E-state index is 5.95. The van der Waals surface area contributed by atoms with Gasteiger partial charge in [0.2, 0.25) is 0 Å². The zero-order valence-electron chi connectivity index (χ0n) is 13.1. The van der Waals surface area contributed by atoms with E-state index in [0.29, 0.717) is 6.04 Å². The summed E-state index contributed by atoms with van der Waals surface area (Å²) in [6.45, 7) is 11.9. The van der Waals surface area contributed by atoms with Crippen LogP contribution in [0, 0.1) is 5.92 Å². The second kappa shape index (κ2) is 8.21. The predicted octanol–water partition coefficient (Wildman–Crippen LogP) is 4.56. The summed E-state index contributed by atoms with van der Waals surface area (Å²) in [4.78, 5) is 0. The molecule has 0 saturated carbocycles. The van der Waals surface area contributed by atoms with Crippen molar-refractivity contribution in [2.75, 3.05) is 6.54 Å². The number of benzene rings is 1. The van der Waals surface area contributed by atoms with Crippen LogP contribution >= 0.6 is 0 Å². The number of para-hydroxylation sites is 1. The van der Waals surface area contributed by atoms with E-state index in [1.165, 1.54) is 12.0 Å². The zero-order valence-corrected chi connectivity index (χ0v) is 13.1. The van der Waals surface area contributed by atoms with Crippen LogP contribution < -0.4 is 10.1 Å². The molecule has 2 atom stereocenters. The van der Waals surface area contributed by atoms with E-state index in [0.717, 1.165) is 24.6 Å². The van der Waals surface area contributed by atoms with E-state index in [1.807, 2.05) is 6.07 Å². The van der Waals surface area contributed by atoms with Crippen LogP contribution in [-0.4, -0.2) is 12.6 Å². The lowest BCUT2D eigenvalue weighted by Crippen LogP contribution is -2.24. The predicted molar refractivity (Wildman–Crippen MR) is 82.7 cm³/mol. The Labute approximate surface area is 118 Å². The second-order valence-electron chi connectivity index (χ2n) is 5.56. The van der Waals surface area contributed by atoms with Crippen LogP contribution in [0.25, 0.3) is 0 Å². The molecule has 1 aromatic carbocycles. The van der Waals surface area contributed by atoms with Crippen LogP contribution in [0.1, 0.15) is 59.1 Å². The quantitative estimate of drug-likeness (QED) is 0.742. The Balaban J connectivity index is 2.93. The van der Waals surface area contributed by atoms with Gasteiger partial charge in [-0.05, 0) is 38.8 Å². The van der Waals surface area contributed by atoms with E-state index in [4.69, 9.17) is 4.74 Å². The molecule has 1 N–H and O–H groups in total. The Morgan fingerprint density at radius 1 is 1.11 bits per heavy atom. The molecule has 2 nitrogen and oxygen atoms in total. The third-order valence-corrected chi connectivity index (χ3v) is 3.44. The van der Waals surface area contributed by atoms with Gasteiger partial charge in [0.1, 0.15) is 5.75 Å². The van der Waals surface area contributed by atoms with Gasteiger partial charge >= 0.3 is 0 Å². The summed E-state index contributed by atoms with van der Waals surface area (Å²) in [6.07, 6.45) is 2.59. The second-order valence-corrected chi connectivity index (χ2v) is 5.56. The zero-order chi connectivity index (χ0) is 14.3. The molecule has 0 aliphatic carbocycles. The van der Waals surface area contributed by atoms with Gasteiger partial charge in [-0.2, -0.15) is 0 Å². The fraction of sp³-hybridized carbons (Fsp3) is 0.647. The third kappa shape index (κ3) is 5.23. The summed E-state index contributed by atoms with van der Waals surface area (Å²) < 4.78 is 5.95. The molecule has 2 unspecified atom stereocenters. The fourth-order valence-corrected chi connectivity index (χ4v) is 2.27. The lowest BCUT2D eigenvalue weighted by molar-refractivity contribution is 0.236. The number of hydrogen-bond donors (Lipinski definition) is 1. The SMILES string of the molecule is CCNC(CC(C)CC)c1ccccc1OC(C)C. The first-order valence-electron chi connectivity index (χ1n) is 7.57. The smallest absolute Gasteiger partial charge is 0.124 e. The standard InChI is InChI=1S/C17H29NO/c1-6-14(5)12-16(18-7-2)15-10-8-9-11-17(15)19-13(3)4/h8-11,13-14,16,18H,6-7,12H2,1-5H3. The summed E-state index contributed by atoms with van der Waals surface area (Å²) in [5.74, 6) is 1.74. The Morgan fingerprint density at radius 3 is 2.37 bits per heavy atom. The normalized spacial score (nSPS) is 14.4. The Hall–Kier alpha value is -1.02. The van der Waals surface area contributed by atoms with Crippen molar-refractivity contribution < 1.29 is 4.74 Å². The van der Waals surface area contributed by atoms with Gasteiger partial charge in [-0.3, -0.25) is 0 Å². The van der Waals surface area contributed by atoms with Crippen molar-refractivity contribution in [3.8, 4) is 5.75 Å². The molecule has 1 aromatic rings. The Kier molecular flexibility index (Phi) is 6.93. The number of nitrogens with one attached hydrogen (secondary N) is 1. The maximum Gasteiger partial charge on any atom is 0.124 e. The molecule has 0 fully saturated rings. The molecular formula is C17H29NO. The van der Waals surface area contributed by atoms with Crippen LogP contribution in [0.15, 0.2) is 24.3 Å². The first-order valence-corrected chi connectivity index (χ1v) is 7.57. The first-order chi connectivity index (χ1) is 9.08. The molecule has 0 aliphatic heterocycles. The lowest BCUT2D eigenvalue weighted by Gasteiger charge is -2.24. The summed E-state index contributed by atoms with van der Waals surface area (Å²) in [6, 6.07) is 8.80. The minimum atomic E-state index is 0.215. The minimum absolute atomic E-state index is 0.215. The number of ether oxygens (including phenoxy) is 1. The van der Waals surface area contributed by atoms with Crippen molar-refractivity contribution in [2.24, 2.45) is 5.92 Å². The molecule has 1 rings (SSSR count).